The number of rotatable bonds is 5. The van der Waals surface area contributed by atoms with Crippen LogP contribution in [0.25, 0.3) is 0 Å². The van der Waals surface area contributed by atoms with Crippen LogP contribution in [0.2, 0.25) is 0 Å². The summed E-state index contributed by atoms with van der Waals surface area (Å²) in [5.41, 5.74) is 8.27. The van der Waals surface area contributed by atoms with Gasteiger partial charge in [-0.05, 0) is 43.5 Å². The minimum atomic E-state index is -0.125. The molecule has 0 aromatic heterocycles. The average Bonchev–Trinajstić information content (AvgIpc) is 2.61. The molecule has 0 radical (unpaired) electrons. The second kappa shape index (κ2) is 7.49. The van der Waals surface area contributed by atoms with Gasteiger partial charge in [-0.15, -0.1) is 0 Å². The molecule has 23 heavy (non-hydrogen) atoms. The van der Waals surface area contributed by atoms with Gasteiger partial charge in [0, 0.05) is 17.7 Å². The fourth-order valence-corrected chi connectivity index (χ4v) is 3.09. The Morgan fingerprint density at radius 1 is 1.13 bits per heavy atom. The molecule has 4 heteroatoms. The molecule has 4 nitrogen and oxygen atoms in total. The Labute approximate surface area is 137 Å². The molecule has 0 aliphatic carbocycles. The lowest BCUT2D eigenvalue weighted by Gasteiger charge is -2.28. The first-order chi connectivity index (χ1) is 11.2. The Bertz CT molecular complexity index is 625. The molecule has 4 N–H and O–H groups in total. The molecule has 1 heterocycles. The predicted molar refractivity (Wildman–Crippen MR) is 91.4 cm³/mol. The van der Waals surface area contributed by atoms with Gasteiger partial charge in [-0.25, -0.2) is 0 Å². The lowest BCUT2D eigenvalue weighted by molar-refractivity contribution is 0.300. The van der Waals surface area contributed by atoms with Crippen LogP contribution in [0.5, 0.6) is 11.5 Å². The molecule has 3 rings (SSSR count). The third-order valence-electron chi connectivity index (χ3n) is 4.50. The van der Waals surface area contributed by atoms with E-state index in [1.165, 1.54) is 0 Å². The van der Waals surface area contributed by atoms with E-state index in [1.54, 1.807) is 6.07 Å². The van der Waals surface area contributed by atoms with Gasteiger partial charge >= 0.3 is 0 Å². The van der Waals surface area contributed by atoms with Crippen LogP contribution in [-0.4, -0.2) is 18.2 Å². The van der Waals surface area contributed by atoms with Crippen LogP contribution in [0.3, 0.4) is 0 Å². The van der Waals surface area contributed by atoms with Crippen molar-refractivity contribution in [2.24, 2.45) is 11.7 Å². The maximum Gasteiger partial charge on any atom is 0.124 e. The highest BCUT2D eigenvalue weighted by atomic mass is 16.5. The van der Waals surface area contributed by atoms with Crippen molar-refractivity contribution in [1.29, 1.82) is 0 Å². The summed E-state index contributed by atoms with van der Waals surface area (Å²) in [5.74, 6) is 1.30. The minimum Gasteiger partial charge on any atom is -0.507 e. The van der Waals surface area contributed by atoms with Crippen molar-refractivity contribution < 1.29 is 9.84 Å². The van der Waals surface area contributed by atoms with Gasteiger partial charge in [-0.1, -0.05) is 36.4 Å². The van der Waals surface area contributed by atoms with E-state index in [-0.39, 0.29) is 11.8 Å². The number of piperidine rings is 1. The topological polar surface area (TPSA) is 67.5 Å². The number of nitrogens with two attached hydrogens (primary N) is 1. The SMILES string of the molecule is N[C@@H](c1ccc(OCc2ccccc2)cc1O)C1CCNCC1. The van der Waals surface area contributed by atoms with Crippen molar-refractivity contribution in [2.75, 3.05) is 13.1 Å². The Balaban J connectivity index is 1.65. The largest absolute Gasteiger partial charge is 0.507 e. The third kappa shape index (κ3) is 4.03. The highest BCUT2D eigenvalue weighted by molar-refractivity contribution is 5.41. The second-order valence-electron chi connectivity index (χ2n) is 6.11. The standard InChI is InChI=1S/C19H24N2O2/c20-19(15-8-10-21-11-9-15)17-7-6-16(12-18(17)22)23-13-14-4-2-1-3-5-14/h1-7,12,15,19,21-22H,8-11,13,20H2/t19-/m1/s1. The molecule has 0 spiro atoms. The lowest BCUT2D eigenvalue weighted by atomic mass is 9.86. The molecule has 2 aromatic rings. The minimum absolute atomic E-state index is 0.125. The van der Waals surface area contributed by atoms with E-state index in [2.05, 4.69) is 5.32 Å². The zero-order chi connectivity index (χ0) is 16.1. The second-order valence-corrected chi connectivity index (χ2v) is 6.11. The van der Waals surface area contributed by atoms with Crippen LogP contribution in [0.4, 0.5) is 0 Å². The van der Waals surface area contributed by atoms with E-state index in [0.717, 1.165) is 37.1 Å². The maximum atomic E-state index is 10.3. The number of benzene rings is 2. The molecular weight excluding hydrogens is 288 g/mol. The normalized spacial score (nSPS) is 16.9. The van der Waals surface area contributed by atoms with Crippen LogP contribution in [0.15, 0.2) is 48.5 Å². The molecule has 0 bridgehead atoms. The molecule has 1 aliphatic rings. The third-order valence-corrected chi connectivity index (χ3v) is 4.50. The van der Waals surface area contributed by atoms with E-state index < -0.39 is 0 Å². The average molecular weight is 312 g/mol. The van der Waals surface area contributed by atoms with Gasteiger partial charge in [-0.3, -0.25) is 0 Å². The van der Waals surface area contributed by atoms with E-state index in [9.17, 15) is 5.11 Å². The highest BCUT2D eigenvalue weighted by Crippen LogP contribution is 2.34. The van der Waals surface area contributed by atoms with Gasteiger partial charge in [0.25, 0.3) is 0 Å². The molecule has 1 aliphatic heterocycles. The number of nitrogens with one attached hydrogen (secondary N) is 1. The molecule has 1 fully saturated rings. The van der Waals surface area contributed by atoms with Gasteiger partial charge in [0.15, 0.2) is 0 Å². The van der Waals surface area contributed by atoms with Crippen LogP contribution in [0, 0.1) is 5.92 Å². The number of aromatic hydroxyl groups is 1. The highest BCUT2D eigenvalue weighted by Gasteiger charge is 2.23. The summed E-state index contributed by atoms with van der Waals surface area (Å²) in [4.78, 5) is 0. The Hall–Kier alpha value is -2.04. The first-order valence-electron chi connectivity index (χ1n) is 8.20. The van der Waals surface area contributed by atoms with Crippen LogP contribution >= 0.6 is 0 Å². The van der Waals surface area contributed by atoms with Gasteiger partial charge in [-0.2, -0.15) is 0 Å². The first kappa shape index (κ1) is 15.8. The lowest BCUT2D eigenvalue weighted by Crippen LogP contribution is -2.33. The molecule has 122 valence electrons. The maximum absolute atomic E-state index is 10.3. The van der Waals surface area contributed by atoms with Crippen LogP contribution in [-0.2, 0) is 6.61 Å². The molecule has 2 aromatic carbocycles. The van der Waals surface area contributed by atoms with Gasteiger partial charge in [0.05, 0.1) is 0 Å². The zero-order valence-corrected chi connectivity index (χ0v) is 13.2. The predicted octanol–water partition coefficient (Wildman–Crippen LogP) is 2.97. The van der Waals surface area contributed by atoms with Crippen molar-refractivity contribution in [3.8, 4) is 11.5 Å². The van der Waals surface area contributed by atoms with E-state index in [0.29, 0.717) is 18.3 Å². The van der Waals surface area contributed by atoms with E-state index in [4.69, 9.17) is 10.5 Å². The molecular formula is C19H24N2O2. The number of hydrogen-bond acceptors (Lipinski definition) is 4. The summed E-state index contributed by atoms with van der Waals surface area (Å²) in [7, 11) is 0. The fourth-order valence-electron chi connectivity index (χ4n) is 3.09. The van der Waals surface area contributed by atoms with Crippen molar-refractivity contribution >= 4 is 0 Å². The first-order valence-corrected chi connectivity index (χ1v) is 8.20. The van der Waals surface area contributed by atoms with Crippen molar-refractivity contribution in [3.05, 3.63) is 59.7 Å². The summed E-state index contributed by atoms with van der Waals surface area (Å²) in [6, 6.07) is 15.3. The zero-order valence-electron chi connectivity index (χ0n) is 13.2. The van der Waals surface area contributed by atoms with E-state index >= 15 is 0 Å². The smallest absolute Gasteiger partial charge is 0.124 e. The summed E-state index contributed by atoms with van der Waals surface area (Å²) in [5, 5.41) is 13.7. The van der Waals surface area contributed by atoms with Gasteiger partial charge < -0.3 is 20.9 Å². The quantitative estimate of drug-likeness (QED) is 0.794. The molecule has 0 saturated carbocycles. The summed E-state index contributed by atoms with van der Waals surface area (Å²) >= 11 is 0. The monoisotopic (exact) mass is 312 g/mol. The van der Waals surface area contributed by atoms with Gasteiger partial charge in [0.1, 0.15) is 18.1 Å². The Morgan fingerprint density at radius 2 is 1.87 bits per heavy atom. The molecule has 0 unspecified atom stereocenters. The number of ether oxygens (including phenoxy) is 1. The fraction of sp³-hybridized carbons (Fsp3) is 0.368. The van der Waals surface area contributed by atoms with Crippen LogP contribution < -0.4 is 15.8 Å². The summed E-state index contributed by atoms with van der Waals surface area (Å²) in [6.07, 6.45) is 2.10. The number of hydrogen-bond donors (Lipinski definition) is 3. The van der Waals surface area contributed by atoms with Crippen molar-refractivity contribution in [2.45, 2.75) is 25.5 Å². The number of phenolic OH excluding ortho intramolecular Hbond substituents is 1. The molecule has 1 atom stereocenters. The van der Waals surface area contributed by atoms with E-state index in [1.807, 2.05) is 42.5 Å². The van der Waals surface area contributed by atoms with Crippen molar-refractivity contribution in [3.63, 3.8) is 0 Å². The number of phenols is 1. The Kier molecular flexibility index (Phi) is 5.16. The molecule has 1 saturated heterocycles. The Morgan fingerprint density at radius 3 is 2.57 bits per heavy atom. The van der Waals surface area contributed by atoms with Gasteiger partial charge in [0.2, 0.25) is 0 Å². The summed E-state index contributed by atoms with van der Waals surface area (Å²) < 4.78 is 5.74. The molecule has 0 amide bonds. The van der Waals surface area contributed by atoms with Crippen LogP contribution in [0.1, 0.15) is 30.0 Å². The summed E-state index contributed by atoms with van der Waals surface area (Å²) in [6.45, 7) is 2.48. The van der Waals surface area contributed by atoms with Crippen molar-refractivity contribution in [1.82, 2.24) is 5.32 Å².